The van der Waals surface area contributed by atoms with Crippen molar-refractivity contribution in [2.45, 2.75) is 25.7 Å². The van der Waals surface area contributed by atoms with E-state index in [9.17, 15) is 13.6 Å². The molecule has 1 saturated carbocycles. The van der Waals surface area contributed by atoms with Crippen LogP contribution in [0.4, 0.5) is 14.5 Å². The Labute approximate surface area is 104 Å². The lowest BCUT2D eigenvalue weighted by Gasteiger charge is -2.40. The largest absolute Gasteiger partial charge is 0.330 e. The van der Waals surface area contributed by atoms with Crippen molar-refractivity contribution < 1.29 is 13.6 Å². The number of carbonyl (C=O) groups is 1. The molecule has 0 saturated heterocycles. The summed E-state index contributed by atoms with van der Waals surface area (Å²) in [4.78, 5) is 11.8. The number of amides is 1. The first-order valence-corrected chi connectivity index (χ1v) is 6.00. The quantitative estimate of drug-likeness (QED) is 0.867. The van der Waals surface area contributed by atoms with Crippen molar-refractivity contribution in [2.75, 3.05) is 11.9 Å². The lowest BCUT2D eigenvalue weighted by atomic mass is 9.66. The summed E-state index contributed by atoms with van der Waals surface area (Å²) in [6.07, 6.45) is 3.17. The Kier molecular flexibility index (Phi) is 3.61. The van der Waals surface area contributed by atoms with E-state index in [2.05, 4.69) is 5.32 Å². The van der Waals surface area contributed by atoms with Gasteiger partial charge in [0, 0.05) is 6.42 Å². The maximum atomic E-state index is 13.4. The minimum Gasteiger partial charge on any atom is -0.330 e. The molecule has 1 amide bonds. The lowest BCUT2D eigenvalue weighted by molar-refractivity contribution is -0.119. The Balaban J connectivity index is 2.01. The van der Waals surface area contributed by atoms with Crippen LogP contribution in [0.15, 0.2) is 18.2 Å². The fourth-order valence-corrected chi connectivity index (χ4v) is 2.27. The Bertz CT molecular complexity index is 453. The molecule has 18 heavy (non-hydrogen) atoms. The second kappa shape index (κ2) is 5.02. The molecule has 5 heteroatoms. The molecular weight excluding hydrogens is 238 g/mol. The molecule has 0 bridgehead atoms. The van der Waals surface area contributed by atoms with Crippen molar-refractivity contribution in [1.29, 1.82) is 0 Å². The maximum Gasteiger partial charge on any atom is 0.225 e. The number of carbonyl (C=O) groups excluding carboxylic acids is 1. The molecule has 1 fully saturated rings. The molecule has 1 aromatic rings. The van der Waals surface area contributed by atoms with Gasteiger partial charge in [-0.3, -0.25) is 4.79 Å². The summed E-state index contributed by atoms with van der Waals surface area (Å²) in [6, 6.07) is 3.71. The first-order chi connectivity index (χ1) is 8.56. The molecule has 1 aliphatic rings. The van der Waals surface area contributed by atoms with Gasteiger partial charge in [0.05, 0.1) is 5.69 Å². The number of halogens is 2. The number of hydrogen-bond donors (Lipinski definition) is 2. The van der Waals surface area contributed by atoms with Crippen LogP contribution < -0.4 is 11.1 Å². The summed E-state index contributed by atoms with van der Waals surface area (Å²) in [7, 11) is 0. The van der Waals surface area contributed by atoms with Crippen LogP contribution in [0.25, 0.3) is 0 Å². The van der Waals surface area contributed by atoms with E-state index >= 15 is 0 Å². The molecule has 98 valence electrons. The summed E-state index contributed by atoms with van der Waals surface area (Å²) in [5.74, 6) is -2.31. The van der Waals surface area contributed by atoms with Gasteiger partial charge in [-0.2, -0.15) is 0 Å². The third-order valence-electron chi connectivity index (χ3n) is 3.61. The third kappa shape index (κ3) is 2.51. The van der Waals surface area contributed by atoms with Crippen molar-refractivity contribution in [3.63, 3.8) is 0 Å². The van der Waals surface area contributed by atoms with Crippen molar-refractivity contribution in [1.82, 2.24) is 0 Å². The summed E-state index contributed by atoms with van der Waals surface area (Å²) < 4.78 is 26.3. The molecular formula is C13H16F2N2O. The smallest absolute Gasteiger partial charge is 0.225 e. The fourth-order valence-electron chi connectivity index (χ4n) is 2.27. The number of benzene rings is 1. The van der Waals surface area contributed by atoms with Crippen molar-refractivity contribution in [3.05, 3.63) is 29.8 Å². The van der Waals surface area contributed by atoms with Gasteiger partial charge in [0.15, 0.2) is 11.6 Å². The van der Waals surface area contributed by atoms with Crippen molar-refractivity contribution in [2.24, 2.45) is 11.1 Å². The zero-order chi connectivity index (χ0) is 13.2. The molecule has 0 unspecified atom stereocenters. The van der Waals surface area contributed by atoms with Gasteiger partial charge in [-0.1, -0.05) is 12.5 Å². The maximum absolute atomic E-state index is 13.4. The normalized spacial score (nSPS) is 17.1. The number of anilines is 1. The Morgan fingerprint density at radius 1 is 1.39 bits per heavy atom. The first kappa shape index (κ1) is 13.0. The zero-order valence-electron chi connectivity index (χ0n) is 10.0. The topological polar surface area (TPSA) is 55.1 Å². The number of nitrogens with one attached hydrogen (secondary N) is 1. The molecule has 2 rings (SSSR count). The minimum atomic E-state index is -1.03. The van der Waals surface area contributed by atoms with E-state index < -0.39 is 11.6 Å². The number of rotatable bonds is 4. The van der Waals surface area contributed by atoms with Crippen LogP contribution in [0.1, 0.15) is 25.7 Å². The van der Waals surface area contributed by atoms with Crippen LogP contribution in [0, 0.1) is 17.0 Å². The van der Waals surface area contributed by atoms with E-state index in [1.165, 1.54) is 12.1 Å². The highest BCUT2D eigenvalue weighted by atomic mass is 19.2. The third-order valence-corrected chi connectivity index (χ3v) is 3.61. The molecule has 3 nitrogen and oxygen atoms in total. The average Bonchev–Trinajstić information content (AvgIpc) is 2.30. The molecule has 3 N–H and O–H groups in total. The first-order valence-electron chi connectivity index (χ1n) is 6.00. The second-order valence-electron chi connectivity index (χ2n) is 4.88. The van der Waals surface area contributed by atoms with Gasteiger partial charge in [-0.15, -0.1) is 0 Å². The molecule has 0 spiro atoms. The monoisotopic (exact) mass is 254 g/mol. The molecule has 1 aromatic carbocycles. The van der Waals surface area contributed by atoms with Gasteiger partial charge in [-0.05, 0) is 36.9 Å². The Morgan fingerprint density at radius 3 is 2.67 bits per heavy atom. The van der Waals surface area contributed by atoms with E-state index in [1.807, 2.05) is 0 Å². The van der Waals surface area contributed by atoms with E-state index in [0.29, 0.717) is 6.54 Å². The number of hydrogen-bond acceptors (Lipinski definition) is 2. The zero-order valence-corrected chi connectivity index (χ0v) is 10.0. The Morgan fingerprint density at radius 2 is 2.11 bits per heavy atom. The van der Waals surface area contributed by atoms with Crippen LogP contribution in [0.2, 0.25) is 0 Å². The van der Waals surface area contributed by atoms with E-state index in [-0.39, 0.29) is 23.4 Å². The predicted octanol–water partition coefficient (Wildman–Crippen LogP) is 2.42. The lowest BCUT2D eigenvalue weighted by Crippen LogP contribution is -2.40. The highest BCUT2D eigenvalue weighted by Gasteiger charge is 2.37. The summed E-state index contributed by atoms with van der Waals surface area (Å²) in [6.45, 7) is 0.450. The standard InChI is InChI=1S/C13H16F2N2O/c14-9-3-1-4-10(12(9)15)17-11(18)7-13(8-16)5-2-6-13/h1,3-4H,2,5-8,16H2,(H,17,18). The highest BCUT2D eigenvalue weighted by Crippen LogP contribution is 2.43. The van der Waals surface area contributed by atoms with Gasteiger partial charge in [0.1, 0.15) is 0 Å². The van der Waals surface area contributed by atoms with Crippen LogP contribution in [0.3, 0.4) is 0 Å². The molecule has 0 atom stereocenters. The fraction of sp³-hybridized carbons (Fsp3) is 0.462. The molecule has 0 radical (unpaired) electrons. The molecule has 0 aromatic heterocycles. The van der Waals surface area contributed by atoms with Crippen molar-refractivity contribution in [3.8, 4) is 0 Å². The molecule has 1 aliphatic carbocycles. The van der Waals surface area contributed by atoms with Gasteiger partial charge in [0.2, 0.25) is 5.91 Å². The summed E-state index contributed by atoms with van der Waals surface area (Å²) in [5, 5.41) is 2.40. The Hall–Kier alpha value is -1.49. The van der Waals surface area contributed by atoms with Gasteiger partial charge < -0.3 is 11.1 Å². The van der Waals surface area contributed by atoms with Crippen LogP contribution in [-0.2, 0) is 4.79 Å². The predicted molar refractivity (Wildman–Crippen MR) is 64.9 cm³/mol. The van der Waals surface area contributed by atoms with Gasteiger partial charge >= 0.3 is 0 Å². The highest BCUT2D eigenvalue weighted by molar-refractivity contribution is 5.91. The van der Waals surface area contributed by atoms with Crippen LogP contribution in [0.5, 0.6) is 0 Å². The van der Waals surface area contributed by atoms with Crippen molar-refractivity contribution >= 4 is 11.6 Å². The van der Waals surface area contributed by atoms with E-state index in [0.717, 1.165) is 25.3 Å². The minimum absolute atomic E-state index is 0.119. The van der Waals surface area contributed by atoms with Gasteiger partial charge in [0.25, 0.3) is 0 Å². The SMILES string of the molecule is NCC1(CC(=O)Nc2cccc(F)c2F)CCC1. The van der Waals surface area contributed by atoms with Crippen LogP contribution >= 0.6 is 0 Å². The summed E-state index contributed by atoms with van der Waals surface area (Å²) in [5.41, 5.74) is 5.39. The molecule has 0 aliphatic heterocycles. The molecule has 0 heterocycles. The van der Waals surface area contributed by atoms with Gasteiger partial charge in [-0.25, -0.2) is 8.78 Å². The van der Waals surface area contributed by atoms with Crippen LogP contribution in [-0.4, -0.2) is 12.5 Å². The van der Waals surface area contributed by atoms with E-state index in [4.69, 9.17) is 5.73 Å². The number of nitrogens with two attached hydrogens (primary N) is 1. The average molecular weight is 254 g/mol. The van der Waals surface area contributed by atoms with E-state index in [1.54, 1.807) is 0 Å². The second-order valence-corrected chi connectivity index (χ2v) is 4.88. The summed E-state index contributed by atoms with van der Waals surface area (Å²) >= 11 is 0.